The Morgan fingerprint density at radius 1 is 0.587 bits per heavy atom. The van der Waals surface area contributed by atoms with Gasteiger partial charge in [-0.1, -0.05) is 18.2 Å². The first-order valence-corrected chi connectivity index (χ1v) is 18.0. The van der Waals surface area contributed by atoms with Crippen LogP contribution in [0.25, 0.3) is 59.8 Å². The van der Waals surface area contributed by atoms with Gasteiger partial charge in [-0.05, 0) is 123 Å². The van der Waals surface area contributed by atoms with Crippen LogP contribution in [0.3, 0.4) is 0 Å². The van der Waals surface area contributed by atoms with Crippen molar-refractivity contribution in [1.29, 1.82) is 0 Å². The van der Waals surface area contributed by atoms with Crippen LogP contribution >= 0.6 is 0 Å². The van der Waals surface area contributed by atoms with Gasteiger partial charge in [-0.3, -0.25) is 9.97 Å². The van der Waals surface area contributed by atoms with E-state index in [9.17, 15) is 4.79 Å². The second-order valence-corrected chi connectivity index (χ2v) is 16.5. The molecule has 2 aromatic carbocycles. The van der Waals surface area contributed by atoms with Gasteiger partial charge in [0.1, 0.15) is 5.58 Å². The second-order valence-electron chi connectivity index (χ2n) is 16.5. The van der Waals surface area contributed by atoms with Crippen LogP contribution in [0, 0.1) is 23.7 Å². The molecule has 0 N–H and O–H groups in total. The minimum atomic E-state index is -0.238. The predicted molar refractivity (Wildman–Crippen MR) is 181 cm³/mol. The Kier molecular flexibility index (Phi) is 4.17. The lowest BCUT2D eigenvalue weighted by Gasteiger charge is -2.38. The average molecular weight is 602 g/mol. The second kappa shape index (κ2) is 7.93. The molecule has 226 valence electrons. The number of fused-ring (bicyclic) bond motifs is 10. The zero-order valence-electron chi connectivity index (χ0n) is 25.9. The van der Waals surface area contributed by atoms with Crippen molar-refractivity contribution in [3.05, 3.63) is 75.7 Å². The van der Waals surface area contributed by atoms with E-state index in [2.05, 4.69) is 35.0 Å². The zero-order valence-corrected chi connectivity index (χ0v) is 25.9. The third-order valence-corrected chi connectivity index (χ3v) is 14.2. The summed E-state index contributed by atoms with van der Waals surface area (Å²) in [5.41, 5.74) is 10.0. The van der Waals surface area contributed by atoms with Gasteiger partial charge in [0.15, 0.2) is 0 Å². The van der Waals surface area contributed by atoms with E-state index in [0.29, 0.717) is 29.1 Å². The first-order valence-electron chi connectivity index (χ1n) is 18.0. The minimum absolute atomic E-state index is 0.238. The van der Waals surface area contributed by atoms with E-state index in [0.717, 1.165) is 40.0 Å². The van der Waals surface area contributed by atoms with Crippen molar-refractivity contribution in [3.8, 4) is 0 Å². The molecule has 0 saturated heterocycles. The summed E-state index contributed by atoms with van der Waals surface area (Å²) < 4.78 is 8.89. The van der Waals surface area contributed by atoms with Crippen LogP contribution in [0.5, 0.6) is 0 Å². The molecule has 8 aliphatic carbocycles. The van der Waals surface area contributed by atoms with Gasteiger partial charge in [-0.25, -0.2) is 4.79 Å². The Labute approximate surface area is 265 Å². The van der Waals surface area contributed by atoms with Crippen molar-refractivity contribution in [2.45, 2.75) is 87.9 Å². The molecule has 0 aliphatic heterocycles. The summed E-state index contributed by atoms with van der Waals surface area (Å²) in [6.07, 6.45) is 17.6. The Bertz CT molecular complexity index is 2570. The van der Waals surface area contributed by atoms with Crippen molar-refractivity contribution < 1.29 is 4.42 Å². The van der Waals surface area contributed by atoms with E-state index in [1.807, 2.05) is 12.1 Å². The maximum Gasteiger partial charge on any atom is 0.344 e. The summed E-state index contributed by atoms with van der Waals surface area (Å²) in [6.45, 7) is 0. The molecule has 4 fully saturated rings. The number of hydrogen-bond donors (Lipinski definition) is 0. The molecule has 8 aliphatic rings. The molecule has 0 spiro atoms. The van der Waals surface area contributed by atoms with Gasteiger partial charge in [0.2, 0.25) is 0 Å². The highest BCUT2D eigenvalue weighted by atomic mass is 16.4. The van der Waals surface area contributed by atoms with E-state index in [1.54, 1.807) is 0 Å². The van der Waals surface area contributed by atoms with Crippen LogP contribution in [-0.2, 0) is 0 Å². The average Bonchev–Trinajstić information content (AvgIpc) is 3.44. The van der Waals surface area contributed by atoms with Crippen molar-refractivity contribution in [1.82, 2.24) is 14.4 Å². The molecular formula is C41H35N3O2. The summed E-state index contributed by atoms with van der Waals surface area (Å²) in [5.74, 6) is 5.58. The summed E-state index contributed by atoms with van der Waals surface area (Å²) in [5, 5.41) is 8.06. The van der Waals surface area contributed by atoms with Crippen molar-refractivity contribution in [3.63, 3.8) is 0 Å². The Morgan fingerprint density at radius 3 is 1.76 bits per heavy atom. The minimum Gasteiger partial charge on any atom is -0.422 e. The van der Waals surface area contributed by atoms with Crippen molar-refractivity contribution in [2.75, 3.05) is 0 Å². The van der Waals surface area contributed by atoms with Gasteiger partial charge in [-0.15, -0.1) is 0 Å². The molecule has 4 atom stereocenters. The highest BCUT2D eigenvalue weighted by Gasteiger charge is 2.46. The number of hydrogen-bond acceptors (Lipinski definition) is 4. The van der Waals surface area contributed by atoms with Gasteiger partial charge in [0.05, 0.1) is 34.3 Å². The molecule has 5 heteroatoms. The monoisotopic (exact) mass is 601 g/mol. The van der Waals surface area contributed by atoms with Gasteiger partial charge in [-0.2, -0.15) is 0 Å². The third-order valence-electron chi connectivity index (χ3n) is 14.2. The van der Waals surface area contributed by atoms with E-state index < -0.39 is 0 Å². The van der Waals surface area contributed by atoms with Crippen LogP contribution in [0.2, 0.25) is 0 Å². The topological polar surface area (TPSA) is 60.4 Å². The molecule has 46 heavy (non-hydrogen) atoms. The third kappa shape index (κ3) is 2.74. The lowest BCUT2D eigenvalue weighted by Crippen LogP contribution is -2.25. The van der Waals surface area contributed by atoms with E-state index in [-0.39, 0.29) is 5.63 Å². The molecule has 4 saturated carbocycles. The number of benzene rings is 2. The number of pyridine rings is 2. The largest absolute Gasteiger partial charge is 0.422 e. The van der Waals surface area contributed by atoms with Gasteiger partial charge in [0.25, 0.3) is 0 Å². The number of aromatic nitrogens is 3. The fraction of sp³-hybridized carbons (Fsp3) is 0.439. The molecule has 5 nitrogen and oxygen atoms in total. The lowest BCUT2D eigenvalue weighted by molar-refractivity contribution is 0.165. The highest BCUT2D eigenvalue weighted by molar-refractivity contribution is 6.35. The molecular weight excluding hydrogens is 566 g/mol. The van der Waals surface area contributed by atoms with Crippen LogP contribution in [0.4, 0.5) is 0 Å². The predicted octanol–water partition coefficient (Wildman–Crippen LogP) is 9.67. The molecule has 7 aromatic rings. The highest BCUT2D eigenvalue weighted by Crippen LogP contribution is 2.60. The Hall–Kier alpha value is -3.99. The first kappa shape index (κ1) is 24.2. The fourth-order valence-corrected chi connectivity index (χ4v) is 13.1. The van der Waals surface area contributed by atoms with Crippen LogP contribution in [-0.4, -0.2) is 14.4 Å². The molecule has 5 heterocycles. The number of nitrogens with zero attached hydrogens (tertiary/aromatic N) is 3. The summed E-state index contributed by atoms with van der Waals surface area (Å²) >= 11 is 0. The number of rotatable bonds is 0. The lowest BCUT2D eigenvalue weighted by atomic mass is 9.67. The standard InChI is InChI=1S/C41H35N3O2/c45-41-27-4-2-1-3-26(27)35-31(46-41)15-28-34-29(16-42-38-24-11-18-5-19(12-24)8-22(7-18)32(34)38)44-30-17-43-39-25-13-20-6-21(14-25)10-23(9-20)33(39)36(30)37(35)40(28)44/h1-4,15-25H,5-14H2. The quantitative estimate of drug-likeness (QED) is 0.128. The summed E-state index contributed by atoms with van der Waals surface area (Å²) in [6, 6.07) is 10.3. The fourth-order valence-electron chi connectivity index (χ4n) is 13.1. The van der Waals surface area contributed by atoms with E-state index in [4.69, 9.17) is 14.4 Å². The molecule has 5 aromatic heterocycles. The SMILES string of the molecule is O=c1oc2cc3c4c5c(ncc4n4c6cnc7c(c6c(c2c2ccccc12)c34)C1CC2CC(CC7C2)C1)C1CC2CC(C1)CC5C2. The molecule has 8 bridgehead atoms. The molecule has 0 radical (unpaired) electrons. The summed E-state index contributed by atoms with van der Waals surface area (Å²) in [4.78, 5) is 24.3. The summed E-state index contributed by atoms with van der Waals surface area (Å²) in [7, 11) is 0. The molecule has 4 unspecified atom stereocenters. The smallest absolute Gasteiger partial charge is 0.344 e. The Morgan fingerprint density at radius 2 is 1.13 bits per heavy atom. The zero-order chi connectivity index (χ0) is 29.6. The van der Waals surface area contributed by atoms with E-state index in [1.165, 1.54) is 125 Å². The van der Waals surface area contributed by atoms with Crippen LogP contribution in [0.1, 0.15) is 110 Å². The van der Waals surface area contributed by atoms with Gasteiger partial charge in [0, 0.05) is 55.5 Å². The van der Waals surface area contributed by atoms with Crippen molar-refractivity contribution >= 4 is 59.8 Å². The van der Waals surface area contributed by atoms with E-state index >= 15 is 0 Å². The first-order chi connectivity index (χ1) is 22.7. The van der Waals surface area contributed by atoms with Gasteiger partial charge < -0.3 is 8.82 Å². The normalized spacial score (nSPS) is 32.4. The maximum atomic E-state index is 13.5. The maximum absolute atomic E-state index is 13.5. The van der Waals surface area contributed by atoms with Crippen LogP contribution < -0.4 is 5.63 Å². The van der Waals surface area contributed by atoms with Gasteiger partial charge >= 0.3 is 5.63 Å². The van der Waals surface area contributed by atoms with Crippen LogP contribution in [0.15, 0.2) is 51.9 Å². The Balaban J connectivity index is 1.28. The van der Waals surface area contributed by atoms with Crippen molar-refractivity contribution in [2.24, 2.45) is 23.7 Å². The molecule has 0 amide bonds. The molecule has 15 rings (SSSR count).